The Balaban J connectivity index is 2.01. The van der Waals surface area contributed by atoms with Crippen molar-refractivity contribution in [3.8, 4) is 5.75 Å². The maximum atomic E-state index is 9.85. The van der Waals surface area contributed by atoms with Crippen molar-refractivity contribution in [2.45, 2.75) is 6.54 Å². The van der Waals surface area contributed by atoms with Crippen LogP contribution in [0.4, 0.5) is 5.69 Å². The second kappa shape index (κ2) is 6.09. The fourth-order valence-electron chi connectivity index (χ4n) is 1.51. The van der Waals surface area contributed by atoms with Crippen LogP contribution in [0.5, 0.6) is 5.75 Å². The van der Waals surface area contributed by atoms with Crippen molar-refractivity contribution in [2.75, 3.05) is 5.43 Å². The lowest BCUT2D eigenvalue weighted by molar-refractivity contribution is 0.465. The van der Waals surface area contributed by atoms with E-state index in [-0.39, 0.29) is 5.75 Å². The van der Waals surface area contributed by atoms with Crippen molar-refractivity contribution in [1.29, 1.82) is 0 Å². The van der Waals surface area contributed by atoms with Gasteiger partial charge in [0.15, 0.2) is 0 Å². The molecule has 0 atom stereocenters. The van der Waals surface area contributed by atoms with Gasteiger partial charge in [0, 0.05) is 22.3 Å². The molecule has 0 bridgehead atoms. The Hall–Kier alpha value is -1.23. The van der Waals surface area contributed by atoms with Crippen molar-refractivity contribution in [3.63, 3.8) is 0 Å². The second-order valence-electron chi connectivity index (χ2n) is 3.70. The van der Waals surface area contributed by atoms with Gasteiger partial charge < -0.3 is 10.5 Å². The lowest BCUT2D eigenvalue weighted by Crippen LogP contribution is -2.21. The van der Waals surface area contributed by atoms with Gasteiger partial charge in [-0.3, -0.25) is 0 Å². The monoisotopic (exact) mass is 326 g/mol. The van der Waals surface area contributed by atoms with Crippen LogP contribution in [-0.2, 0) is 6.54 Å². The van der Waals surface area contributed by atoms with Crippen LogP contribution in [0.3, 0.4) is 0 Å². The summed E-state index contributed by atoms with van der Waals surface area (Å²) in [5.41, 5.74) is 7.74. The molecule has 0 aliphatic heterocycles. The standard InChI is InChI=1S/C13H12BrClN2O/c14-11-6-7-12(15)13(18)10(11)8-16-17-9-4-2-1-3-5-9/h1-7,16-18H,8H2. The number of benzene rings is 2. The third-order valence-electron chi connectivity index (χ3n) is 2.45. The summed E-state index contributed by atoms with van der Waals surface area (Å²) < 4.78 is 0.812. The molecule has 5 heteroatoms. The first kappa shape index (κ1) is 13.2. The Labute approximate surface area is 119 Å². The number of hydrazine groups is 1. The van der Waals surface area contributed by atoms with Crippen molar-refractivity contribution in [2.24, 2.45) is 0 Å². The van der Waals surface area contributed by atoms with Gasteiger partial charge in [0.25, 0.3) is 0 Å². The molecule has 0 fully saturated rings. The Bertz CT molecular complexity index is 534. The van der Waals surface area contributed by atoms with Crippen LogP contribution in [-0.4, -0.2) is 5.11 Å². The Morgan fingerprint density at radius 2 is 1.83 bits per heavy atom. The molecule has 2 aromatic rings. The lowest BCUT2D eigenvalue weighted by Gasteiger charge is -2.11. The molecule has 0 radical (unpaired) electrons. The number of phenolic OH excluding ortho intramolecular Hbond substituents is 1. The summed E-state index contributed by atoms with van der Waals surface area (Å²) in [6, 6.07) is 13.2. The molecule has 2 rings (SSSR count). The minimum Gasteiger partial charge on any atom is -0.506 e. The molecule has 0 saturated heterocycles. The molecule has 0 aromatic heterocycles. The van der Waals surface area contributed by atoms with Crippen LogP contribution < -0.4 is 10.9 Å². The van der Waals surface area contributed by atoms with E-state index in [0.717, 1.165) is 10.2 Å². The Kier molecular flexibility index (Phi) is 4.47. The summed E-state index contributed by atoms with van der Waals surface area (Å²) in [7, 11) is 0. The maximum absolute atomic E-state index is 9.85. The maximum Gasteiger partial charge on any atom is 0.139 e. The zero-order valence-corrected chi connectivity index (χ0v) is 11.8. The summed E-state index contributed by atoms with van der Waals surface area (Å²) in [6.07, 6.45) is 0. The van der Waals surface area contributed by atoms with Gasteiger partial charge in [0.1, 0.15) is 5.75 Å². The number of hydrogen-bond acceptors (Lipinski definition) is 3. The second-order valence-corrected chi connectivity index (χ2v) is 4.96. The number of halogens is 2. The van der Waals surface area contributed by atoms with Gasteiger partial charge >= 0.3 is 0 Å². The van der Waals surface area contributed by atoms with Crippen LogP contribution in [0.25, 0.3) is 0 Å². The molecule has 0 unspecified atom stereocenters. The molecule has 0 spiro atoms. The van der Waals surface area contributed by atoms with Crippen LogP contribution >= 0.6 is 27.5 Å². The van der Waals surface area contributed by atoms with Gasteiger partial charge in [0.05, 0.1) is 5.02 Å². The van der Waals surface area contributed by atoms with Gasteiger partial charge in [-0.1, -0.05) is 45.7 Å². The van der Waals surface area contributed by atoms with Crippen molar-refractivity contribution < 1.29 is 5.11 Å². The zero-order valence-electron chi connectivity index (χ0n) is 9.45. The highest BCUT2D eigenvalue weighted by molar-refractivity contribution is 9.10. The van der Waals surface area contributed by atoms with Gasteiger partial charge in [-0.05, 0) is 24.3 Å². The first-order valence-corrected chi connectivity index (χ1v) is 6.55. The molecule has 0 saturated carbocycles. The molecule has 0 aliphatic carbocycles. The van der Waals surface area contributed by atoms with Gasteiger partial charge in [0.2, 0.25) is 0 Å². The van der Waals surface area contributed by atoms with E-state index >= 15 is 0 Å². The fourth-order valence-corrected chi connectivity index (χ4v) is 2.14. The first-order chi connectivity index (χ1) is 8.68. The third-order valence-corrected chi connectivity index (χ3v) is 3.50. The van der Waals surface area contributed by atoms with Gasteiger partial charge in [-0.2, -0.15) is 0 Å². The highest BCUT2D eigenvalue weighted by Gasteiger charge is 2.09. The molecule has 0 amide bonds. The Morgan fingerprint density at radius 3 is 2.56 bits per heavy atom. The number of anilines is 1. The van der Waals surface area contributed by atoms with E-state index in [9.17, 15) is 5.11 Å². The quantitative estimate of drug-likeness (QED) is 0.746. The highest BCUT2D eigenvalue weighted by atomic mass is 79.9. The van der Waals surface area contributed by atoms with Crippen LogP contribution in [0, 0.1) is 0 Å². The molecule has 0 heterocycles. The predicted octanol–water partition coefficient (Wildman–Crippen LogP) is 3.92. The SMILES string of the molecule is Oc1c(Cl)ccc(Br)c1CNNc1ccccc1. The normalized spacial score (nSPS) is 10.3. The summed E-state index contributed by atoms with van der Waals surface area (Å²) in [6.45, 7) is 0.446. The fraction of sp³-hybridized carbons (Fsp3) is 0.0769. The summed E-state index contributed by atoms with van der Waals surface area (Å²) in [5.74, 6) is 0.0911. The van der Waals surface area contributed by atoms with Crippen LogP contribution in [0.1, 0.15) is 5.56 Å². The first-order valence-electron chi connectivity index (χ1n) is 5.38. The molecule has 94 valence electrons. The van der Waals surface area contributed by atoms with Gasteiger partial charge in [-0.25, -0.2) is 5.43 Å². The summed E-state index contributed by atoms with van der Waals surface area (Å²) in [5, 5.41) is 10.2. The van der Waals surface area contributed by atoms with Crippen LogP contribution in [0.2, 0.25) is 5.02 Å². The van der Waals surface area contributed by atoms with E-state index in [1.54, 1.807) is 6.07 Å². The van der Waals surface area contributed by atoms with E-state index in [4.69, 9.17) is 11.6 Å². The largest absolute Gasteiger partial charge is 0.506 e. The number of nitrogens with one attached hydrogen (secondary N) is 2. The molecule has 0 aliphatic rings. The number of aromatic hydroxyl groups is 1. The van der Waals surface area contributed by atoms with E-state index < -0.39 is 0 Å². The number of hydrogen-bond donors (Lipinski definition) is 3. The Morgan fingerprint density at radius 1 is 1.11 bits per heavy atom. The smallest absolute Gasteiger partial charge is 0.139 e. The van der Waals surface area contributed by atoms with Crippen molar-refractivity contribution in [1.82, 2.24) is 5.43 Å². The van der Waals surface area contributed by atoms with Gasteiger partial charge in [-0.15, -0.1) is 0 Å². The zero-order chi connectivity index (χ0) is 13.0. The topological polar surface area (TPSA) is 44.3 Å². The van der Waals surface area contributed by atoms with E-state index in [0.29, 0.717) is 17.1 Å². The molecular weight excluding hydrogens is 316 g/mol. The number of rotatable bonds is 4. The van der Waals surface area contributed by atoms with Crippen LogP contribution in [0.15, 0.2) is 46.9 Å². The summed E-state index contributed by atoms with van der Waals surface area (Å²) >= 11 is 9.24. The average Bonchev–Trinajstić information content (AvgIpc) is 2.39. The molecule has 3 N–H and O–H groups in total. The van der Waals surface area contributed by atoms with Crippen molar-refractivity contribution in [3.05, 3.63) is 57.5 Å². The third kappa shape index (κ3) is 3.16. The lowest BCUT2D eigenvalue weighted by atomic mass is 10.2. The van der Waals surface area contributed by atoms with Crippen molar-refractivity contribution >= 4 is 33.2 Å². The summed E-state index contributed by atoms with van der Waals surface area (Å²) in [4.78, 5) is 0. The molecule has 2 aromatic carbocycles. The minimum atomic E-state index is 0.0911. The van der Waals surface area contributed by atoms with E-state index in [1.165, 1.54) is 0 Å². The number of para-hydroxylation sites is 1. The molecule has 18 heavy (non-hydrogen) atoms. The predicted molar refractivity (Wildman–Crippen MR) is 77.7 cm³/mol. The van der Waals surface area contributed by atoms with E-state index in [1.807, 2.05) is 36.4 Å². The number of phenols is 1. The molecule has 3 nitrogen and oxygen atoms in total. The average molecular weight is 328 g/mol. The highest BCUT2D eigenvalue weighted by Crippen LogP contribution is 2.32. The molecular formula is C13H12BrClN2O. The minimum absolute atomic E-state index is 0.0911. The van der Waals surface area contributed by atoms with E-state index in [2.05, 4.69) is 26.8 Å².